The Kier molecular flexibility index (Phi) is 18.8. The summed E-state index contributed by atoms with van der Waals surface area (Å²) in [4.78, 5) is 0. The first-order valence-electron chi connectivity index (χ1n) is 11.2. The number of hydrogen-bond donors (Lipinski definition) is 0. The number of nitrogens with zero attached hydrogens (tertiary/aromatic N) is 12. The van der Waals surface area contributed by atoms with Gasteiger partial charge in [0.25, 0.3) is 0 Å². The van der Waals surface area contributed by atoms with Crippen molar-refractivity contribution in [1.29, 1.82) is 0 Å². The van der Waals surface area contributed by atoms with Gasteiger partial charge in [-0.15, -0.1) is 0 Å². The van der Waals surface area contributed by atoms with Gasteiger partial charge in [-0.3, -0.25) is 0 Å². The van der Waals surface area contributed by atoms with E-state index in [0.29, 0.717) is 0 Å². The Hall–Kier alpha value is 1.79. The van der Waals surface area contributed by atoms with Gasteiger partial charge in [0.1, 0.15) is 0 Å². The average molecular weight is 796 g/mol. The third-order valence-electron chi connectivity index (χ3n) is 5.50. The first-order valence-corrected chi connectivity index (χ1v) is 20.1. The molecule has 0 bridgehead atoms. The predicted molar refractivity (Wildman–Crippen MR) is 165 cm³/mol. The zero-order valence-corrected chi connectivity index (χ0v) is 32.5. The molecule has 0 fully saturated rings. The molecular formula is C18H55AuClN12P4+. The molecule has 0 aliphatic carbocycles. The topological polar surface area (TPSA) is 66.2 Å². The normalized spacial score (nSPS) is 13.9. The monoisotopic (exact) mass is 795 g/mol. The van der Waals surface area contributed by atoms with Crippen LogP contribution in [0, 0.1) is 0 Å². The van der Waals surface area contributed by atoms with E-state index < -0.39 is 30.9 Å². The van der Waals surface area contributed by atoms with E-state index in [1.807, 2.05) is 0 Å². The molecule has 0 aliphatic rings. The van der Waals surface area contributed by atoms with Crippen molar-refractivity contribution in [2.24, 2.45) is 13.5 Å². The second-order valence-electron chi connectivity index (χ2n) is 9.83. The summed E-state index contributed by atoms with van der Waals surface area (Å²) in [7, 11) is 33.9. The van der Waals surface area contributed by atoms with Crippen LogP contribution in [0.4, 0.5) is 0 Å². The summed E-state index contributed by atoms with van der Waals surface area (Å²) in [5, 5.41) is 0. The summed E-state index contributed by atoms with van der Waals surface area (Å²) in [5.41, 5.74) is 0. The number of halogens is 1. The minimum atomic E-state index is -2.21. The minimum absolute atomic E-state index is 1.75. The maximum absolute atomic E-state index is 5.62. The predicted octanol–water partition coefficient (Wildman–Crippen LogP) is 4.53. The van der Waals surface area contributed by atoms with E-state index in [-0.39, 0.29) is 0 Å². The third-order valence-corrected chi connectivity index (χ3v) is 20.5. The molecule has 12 nitrogen and oxygen atoms in total. The Bertz CT molecular complexity index is 626. The van der Waals surface area contributed by atoms with Gasteiger partial charge in [0.15, 0.2) is 0 Å². The maximum atomic E-state index is 5.62. The molecule has 0 aliphatic heterocycles. The number of hydrogen-bond acceptors (Lipinski definition) is 3. The summed E-state index contributed by atoms with van der Waals surface area (Å²) >= 11 is 1.75. The summed E-state index contributed by atoms with van der Waals surface area (Å²) in [6.07, 6.45) is 0. The van der Waals surface area contributed by atoms with Gasteiger partial charge in [-0.25, -0.2) is 42.0 Å². The van der Waals surface area contributed by atoms with Gasteiger partial charge in [0, 0.05) is 0 Å². The van der Waals surface area contributed by atoms with Crippen LogP contribution in [0.3, 0.4) is 0 Å². The molecule has 0 radical (unpaired) electrons. The van der Waals surface area contributed by atoms with Crippen molar-refractivity contribution in [2.45, 2.75) is 0 Å². The van der Waals surface area contributed by atoms with E-state index >= 15 is 0 Å². The van der Waals surface area contributed by atoms with Crippen molar-refractivity contribution in [3.05, 3.63) is 0 Å². The average Bonchev–Trinajstić information content (AvgIpc) is 2.72. The summed E-state index contributed by atoms with van der Waals surface area (Å²) < 4.78 is 37.0. The summed E-state index contributed by atoms with van der Waals surface area (Å²) in [6.45, 7) is 0. The van der Waals surface area contributed by atoms with Crippen LogP contribution in [0.25, 0.3) is 0 Å². The van der Waals surface area contributed by atoms with Crippen LogP contribution in [0.2, 0.25) is 0 Å². The van der Waals surface area contributed by atoms with E-state index in [1.54, 1.807) is 20.0 Å². The molecule has 0 spiro atoms. The summed E-state index contributed by atoms with van der Waals surface area (Å²) in [5.74, 6) is 0. The fourth-order valence-electron chi connectivity index (χ4n) is 4.44. The molecule has 224 valence electrons. The molecule has 0 N–H and O–H groups in total. The molecule has 0 aromatic carbocycles. The van der Waals surface area contributed by atoms with Crippen LogP contribution in [0.15, 0.2) is 13.5 Å². The van der Waals surface area contributed by atoms with Crippen molar-refractivity contribution >= 4 is 40.1 Å². The van der Waals surface area contributed by atoms with Gasteiger partial charge in [0.05, 0.1) is 0 Å². The summed E-state index contributed by atoms with van der Waals surface area (Å²) in [6, 6.07) is 0. The quantitative estimate of drug-likeness (QED) is 0.210. The Morgan fingerprint density at radius 1 is 0.361 bits per heavy atom. The van der Waals surface area contributed by atoms with E-state index in [0.717, 1.165) is 0 Å². The van der Waals surface area contributed by atoms with Gasteiger partial charge < -0.3 is 0 Å². The standard InChI is InChI=1S/C18H54N12P4.Au.ClH/c1-22(2)32(23(3)4,24(5)6)19-31(20-33(25(7)8,26(9)10)27(11)12)21-34(28(13)14,29(15)16)30(17)18;;/h1-18H3;;1H/q;+1;. The van der Waals surface area contributed by atoms with Crippen molar-refractivity contribution in [3.8, 4) is 0 Å². The molecule has 0 aromatic rings. The Balaban J connectivity index is 0. The zero-order valence-electron chi connectivity index (χ0n) is 25.9. The molecule has 0 atom stereocenters. The van der Waals surface area contributed by atoms with Crippen molar-refractivity contribution < 1.29 is 20.0 Å². The SMILES string of the molecule is CN(C)P(=N[PH+](N=P(N(C)C)(N(C)C)N(C)C)N=P(N(C)C)(N(C)C)N(C)C)(N(C)C)N(C)C.[Cl][Au]. The van der Waals surface area contributed by atoms with Gasteiger partial charge in [-0.05, 0) is 127 Å². The molecule has 36 heavy (non-hydrogen) atoms. The zero-order chi connectivity index (χ0) is 29.4. The first kappa shape index (κ1) is 39.9. The van der Waals surface area contributed by atoms with Crippen LogP contribution in [-0.4, -0.2) is 169 Å². The van der Waals surface area contributed by atoms with Gasteiger partial charge in [0.2, 0.25) is 22.5 Å². The molecule has 0 saturated heterocycles. The van der Waals surface area contributed by atoms with E-state index in [4.69, 9.17) is 13.5 Å². The second-order valence-corrected chi connectivity index (χ2v) is 23.3. The van der Waals surface area contributed by atoms with E-state index in [9.17, 15) is 0 Å². The van der Waals surface area contributed by atoms with Crippen LogP contribution in [0.1, 0.15) is 0 Å². The van der Waals surface area contributed by atoms with Crippen LogP contribution in [0.5, 0.6) is 0 Å². The van der Waals surface area contributed by atoms with Gasteiger partial charge in [-0.2, -0.15) is 0 Å². The first-order chi connectivity index (χ1) is 16.3. The van der Waals surface area contributed by atoms with Gasteiger partial charge in [-0.1, -0.05) is 13.5 Å². The second kappa shape index (κ2) is 16.9. The van der Waals surface area contributed by atoms with Crippen LogP contribution < -0.4 is 0 Å². The molecule has 0 rings (SSSR count). The molecule has 0 aromatic heterocycles. The Labute approximate surface area is 241 Å². The molecule has 0 amide bonds. The van der Waals surface area contributed by atoms with Crippen LogP contribution in [-0.2, 0) is 20.0 Å². The number of rotatable bonds is 12. The van der Waals surface area contributed by atoms with Gasteiger partial charge >= 0.3 is 37.5 Å². The fourth-order valence-corrected chi connectivity index (χ4v) is 21.8. The van der Waals surface area contributed by atoms with E-state index in [1.165, 1.54) is 0 Å². The van der Waals surface area contributed by atoms with E-state index in [2.05, 4.69) is 178 Å². The molecule has 0 heterocycles. The van der Waals surface area contributed by atoms with Crippen molar-refractivity contribution in [3.63, 3.8) is 0 Å². The third kappa shape index (κ3) is 8.64. The molecule has 0 saturated carbocycles. The van der Waals surface area contributed by atoms with Crippen molar-refractivity contribution in [1.82, 2.24) is 42.0 Å². The molecule has 18 heteroatoms. The molecule has 0 unspecified atom stereocenters. The molecular weight excluding hydrogens is 741 g/mol. The Morgan fingerprint density at radius 2 is 0.472 bits per heavy atom. The Morgan fingerprint density at radius 3 is 0.556 bits per heavy atom. The fraction of sp³-hybridized carbons (Fsp3) is 1.00. The van der Waals surface area contributed by atoms with Crippen molar-refractivity contribution in [2.75, 3.05) is 127 Å². The van der Waals surface area contributed by atoms with Crippen LogP contribution >= 0.6 is 40.1 Å².